The largest absolute Gasteiger partial charge is 0.437 e. The normalized spacial score (nSPS) is 17.2. The van der Waals surface area contributed by atoms with Gasteiger partial charge in [0.25, 0.3) is 0 Å². The summed E-state index contributed by atoms with van der Waals surface area (Å²) in [7, 11) is 3.67. The van der Waals surface area contributed by atoms with Crippen LogP contribution in [0.5, 0.6) is 11.6 Å². The fourth-order valence-corrected chi connectivity index (χ4v) is 8.00. The van der Waals surface area contributed by atoms with Crippen molar-refractivity contribution in [2.75, 3.05) is 50.9 Å². The van der Waals surface area contributed by atoms with E-state index in [2.05, 4.69) is 55.5 Å². The van der Waals surface area contributed by atoms with Crippen molar-refractivity contribution in [3.63, 3.8) is 0 Å². The monoisotopic (exact) mass is 758 g/mol. The van der Waals surface area contributed by atoms with Gasteiger partial charge < -0.3 is 35.8 Å². The Labute approximate surface area is 322 Å². The van der Waals surface area contributed by atoms with Gasteiger partial charge in [0.1, 0.15) is 5.75 Å². The van der Waals surface area contributed by atoms with Crippen LogP contribution < -0.4 is 30.9 Å². The third-order valence-corrected chi connectivity index (χ3v) is 11.4. The molecule has 2 saturated heterocycles. The van der Waals surface area contributed by atoms with Crippen molar-refractivity contribution in [2.24, 2.45) is 0 Å². The minimum Gasteiger partial charge on any atom is -0.437 e. The highest BCUT2D eigenvalue weighted by Gasteiger charge is 2.42. The first-order valence-electron chi connectivity index (χ1n) is 19.0. The topological polar surface area (TPSA) is 158 Å². The number of rotatable bonds is 21. The lowest BCUT2D eigenvalue weighted by Gasteiger charge is -2.22. The summed E-state index contributed by atoms with van der Waals surface area (Å²) in [5, 5.41) is 12.4. The SMILES string of the molecule is CC(=O)N(C)CCN(C)c1cncc(Oc2ccc(-c3ccc(CCNC(=O)CCCCCNC(=O)CCCCC4SCC5NC(=O)NC54)cc3)cc2)n1. The Morgan fingerprint density at radius 1 is 0.852 bits per heavy atom. The highest BCUT2D eigenvalue weighted by atomic mass is 32.2. The van der Waals surface area contributed by atoms with E-state index in [1.54, 1.807) is 31.3 Å². The lowest BCUT2D eigenvalue weighted by molar-refractivity contribution is -0.127. The summed E-state index contributed by atoms with van der Waals surface area (Å²) in [6, 6.07) is 16.6. The quantitative estimate of drug-likeness (QED) is 0.0876. The molecule has 2 aliphatic rings. The van der Waals surface area contributed by atoms with Crippen LogP contribution in [0.1, 0.15) is 63.9 Å². The van der Waals surface area contributed by atoms with Crippen LogP contribution in [-0.2, 0) is 20.8 Å². The van der Waals surface area contributed by atoms with Crippen LogP contribution in [0.3, 0.4) is 0 Å². The van der Waals surface area contributed by atoms with Crippen LogP contribution >= 0.6 is 11.8 Å². The van der Waals surface area contributed by atoms with Crippen molar-refractivity contribution in [2.45, 2.75) is 82.0 Å². The third kappa shape index (κ3) is 12.6. The zero-order valence-electron chi connectivity index (χ0n) is 31.6. The number of nitrogens with zero attached hydrogens (tertiary/aromatic N) is 4. The maximum Gasteiger partial charge on any atom is 0.315 e. The molecule has 54 heavy (non-hydrogen) atoms. The van der Waals surface area contributed by atoms with E-state index in [4.69, 9.17) is 4.74 Å². The molecule has 5 rings (SSSR count). The highest BCUT2D eigenvalue weighted by molar-refractivity contribution is 8.00. The summed E-state index contributed by atoms with van der Waals surface area (Å²) in [5.41, 5.74) is 3.29. The number of hydrogen-bond donors (Lipinski definition) is 4. The fourth-order valence-electron chi connectivity index (χ4n) is 6.46. The molecule has 3 heterocycles. The number of amides is 5. The lowest BCUT2D eigenvalue weighted by Crippen LogP contribution is -2.36. The molecule has 0 aliphatic carbocycles. The summed E-state index contributed by atoms with van der Waals surface area (Å²) < 4.78 is 5.97. The number of hydrogen-bond acceptors (Lipinski definition) is 9. The molecule has 2 aliphatic heterocycles. The molecular weight excluding hydrogens is 705 g/mol. The summed E-state index contributed by atoms with van der Waals surface area (Å²) in [5.74, 6) is 2.82. The molecule has 1 aromatic heterocycles. The molecule has 2 fully saturated rings. The van der Waals surface area contributed by atoms with E-state index in [-0.39, 0.29) is 35.8 Å². The van der Waals surface area contributed by atoms with E-state index in [9.17, 15) is 19.2 Å². The van der Waals surface area contributed by atoms with Crippen molar-refractivity contribution in [3.05, 3.63) is 66.5 Å². The van der Waals surface area contributed by atoms with E-state index in [0.717, 1.165) is 67.4 Å². The molecule has 0 saturated carbocycles. The Hall–Kier alpha value is -4.85. The van der Waals surface area contributed by atoms with E-state index in [1.807, 2.05) is 48.0 Å². The van der Waals surface area contributed by atoms with Gasteiger partial charge in [-0.2, -0.15) is 16.7 Å². The maximum atomic E-state index is 12.4. The van der Waals surface area contributed by atoms with Gasteiger partial charge in [-0.15, -0.1) is 0 Å². The zero-order chi connectivity index (χ0) is 38.3. The summed E-state index contributed by atoms with van der Waals surface area (Å²) in [6.07, 6.45) is 10.4. The van der Waals surface area contributed by atoms with Gasteiger partial charge >= 0.3 is 6.03 Å². The Bertz CT molecular complexity index is 1690. The van der Waals surface area contributed by atoms with E-state index in [0.29, 0.717) is 61.7 Å². The molecular formula is C40H54N8O5S. The smallest absolute Gasteiger partial charge is 0.315 e. The number of unbranched alkanes of at least 4 members (excludes halogenated alkanes) is 3. The number of urea groups is 1. The molecule has 3 atom stereocenters. The van der Waals surface area contributed by atoms with Crippen molar-refractivity contribution < 1.29 is 23.9 Å². The molecule has 3 unspecified atom stereocenters. The number of likely N-dealkylation sites (N-methyl/N-ethyl adjacent to an activating group) is 2. The van der Waals surface area contributed by atoms with Crippen molar-refractivity contribution >= 4 is 41.3 Å². The second kappa shape index (κ2) is 20.6. The number of benzene rings is 2. The van der Waals surface area contributed by atoms with E-state index < -0.39 is 0 Å². The Kier molecular flexibility index (Phi) is 15.4. The second-order valence-corrected chi connectivity index (χ2v) is 15.3. The molecule has 0 radical (unpaired) electrons. The van der Waals surface area contributed by atoms with Crippen LogP contribution in [0, 0.1) is 0 Å². The first-order valence-corrected chi connectivity index (χ1v) is 20.0. The zero-order valence-corrected chi connectivity index (χ0v) is 32.5. The van der Waals surface area contributed by atoms with Crippen molar-refractivity contribution in [3.8, 4) is 22.8 Å². The predicted octanol–water partition coefficient (Wildman–Crippen LogP) is 4.91. The van der Waals surface area contributed by atoms with Crippen LogP contribution in [-0.4, -0.2) is 102 Å². The Morgan fingerprint density at radius 3 is 2.26 bits per heavy atom. The summed E-state index contributed by atoms with van der Waals surface area (Å²) in [4.78, 5) is 60.0. The summed E-state index contributed by atoms with van der Waals surface area (Å²) in [6.45, 7) is 3.97. The predicted molar refractivity (Wildman–Crippen MR) is 213 cm³/mol. The van der Waals surface area contributed by atoms with Crippen LogP contribution in [0.4, 0.5) is 10.6 Å². The average molecular weight is 759 g/mol. The van der Waals surface area contributed by atoms with Gasteiger partial charge in [-0.3, -0.25) is 19.4 Å². The minimum absolute atomic E-state index is 0.0169. The number of fused-ring (bicyclic) bond motifs is 1. The van der Waals surface area contributed by atoms with Gasteiger partial charge in [0.2, 0.25) is 23.6 Å². The molecule has 3 aromatic rings. The van der Waals surface area contributed by atoms with E-state index in [1.165, 1.54) is 0 Å². The molecule has 0 bridgehead atoms. The number of anilines is 1. The minimum atomic E-state index is -0.0601. The molecule has 4 N–H and O–H groups in total. The number of carbonyl (C=O) groups excluding carboxylic acids is 4. The first kappa shape index (κ1) is 40.3. The van der Waals surface area contributed by atoms with Gasteiger partial charge in [-0.1, -0.05) is 49.2 Å². The van der Waals surface area contributed by atoms with Gasteiger partial charge in [0.05, 0.1) is 24.5 Å². The number of ether oxygens (including phenoxy) is 1. The van der Waals surface area contributed by atoms with Crippen LogP contribution in [0.15, 0.2) is 60.9 Å². The summed E-state index contributed by atoms with van der Waals surface area (Å²) >= 11 is 1.91. The van der Waals surface area contributed by atoms with Gasteiger partial charge in [0.15, 0.2) is 5.82 Å². The Balaban J connectivity index is 0.901. The van der Waals surface area contributed by atoms with Crippen LogP contribution in [0.25, 0.3) is 11.1 Å². The molecule has 290 valence electrons. The molecule has 2 aromatic carbocycles. The number of thioether (sulfide) groups is 1. The first-order chi connectivity index (χ1) is 26.1. The highest BCUT2D eigenvalue weighted by Crippen LogP contribution is 2.33. The number of aromatic nitrogens is 2. The maximum absolute atomic E-state index is 12.4. The van der Waals surface area contributed by atoms with Crippen LogP contribution in [0.2, 0.25) is 0 Å². The number of nitrogens with one attached hydrogen (secondary N) is 4. The standard InChI is InChI=1S/C40H54N8O5S/c1-28(49)47(2)23-24-48(3)35-25-41-26-38(45-35)53-32-18-16-31(17-19-32)30-14-12-29(13-15-30)20-22-43-37(51)10-5-4-8-21-42-36(50)11-7-6-9-34-39-33(27-54-34)44-40(52)46-39/h12-19,25-26,33-34,39H,4-11,20-24,27H2,1-3H3,(H,42,50)(H,43,51)(H2,44,46,52). The van der Waals surface area contributed by atoms with Gasteiger partial charge in [0, 0.05) is 71.0 Å². The molecule has 13 nitrogen and oxygen atoms in total. The number of carbonyl (C=O) groups is 4. The second-order valence-electron chi connectivity index (χ2n) is 14.0. The lowest BCUT2D eigenvalue weighted by atomic mass is 10.0. The van der Waals surface area contributed by atoms with Gasteiger partial charge in [-0.05, 0) is 60.9 Å². The van der Waals surface area contributed by atoms with Crippen molar-refractivity contribution in [1.82, 2.24) is 36.1 Å². The average Bonchev–Trinajstić information content (AvgIpc) is 3.73. The fraction of sp³-hybridized carbons (Fsp3) is 0.500. The molecule has 14 heteroatoms. The van der Waals surface area contributed by atoms with Gasteiger partial charge in [-0.25, -0.2) is 4.79 Å². The molecule has 5 amide bonds. The Morgan fingerprint density at radius 2 is 1.54 bits per heavy atom. The van der Waals surface area contributed by atoms with Crippen molar-refractivity contribution in [1.29, 1.82) is 0 Å². The molecule has 0 spiro atoms. The third-order valence-electron chi connectivity index (χ3n) is 9.88. The van der Waals surface area contributed by atoms with E-state index >= 15 is 0 Å².